The number of nitrogens with one attached hydrogen (secondary N) is 1. The molecule has 1 aliphatic rings. The van der Waals surface area contributed by atoms with E-state index in [1.807, 2.05) is 19.1 Å². The van der Waals surface area contributed by atoms with Gasteiger partial charge < -0.3 is 10.2 Å². The van der Waals surface area contributed by atoms with Gasteiger partial charge in [-0.3, -0.25) is 13.9 Å². The number of carbonyl (C=O) groups excluding carboxylic acids is 2. The molecule has 0 bridgehead atoms. The second kappa shape index (κ2) is 14.0. The molecule has 0 spiro atoms. The number of amides is 2. The van der Waals surface area contributed by atoms with E-state index in [-0.39, 0.29) is 22.5 Å². The second-order valence-corrected chi connectivity index (χ2v) is 13.2. The fourth-order valence-corrected chi connectivity index (χ4v) is 6.95. The molecule has 4 rings (SSSR count). The van der Waals surface area contributed by atoms with Crippen LogP contribution in [0, 0.1) is 6.92 Å². The van der Waals surface area contributed by atoms with Gasteiger partial charge in [-0.15, -0.1) is 0 Å². The predicted molar refractivity (Wildman–Crippen MR) is 164 cm³/mol. The average Bonchev–Trinajstić information content (AvgIpc) is 2.99. The van der Waals surface area contributed by atoms with Gasteiger partial charge in [0.2, 0.25) is 11.8 Å². The number of halogens is 4. The van der Waals surface area contributed by atoms with Crippen molar-refractivity contribution in [2.45, 2.75) is 75.7 Å². The minimum Gasteiger partial charge on any atom is -0.352 e. The molecule has 3 aromatic carbocycles. The fourth-order valence-electron chi connectivity index (χ4n) is 5.24. The fraction of sp³-hybridized carbons (Fsp3) is 0.375. The van der Waals surface area contributed by atoms with Gasteiger partial charge in [0.05, 0.1) is 21.2 Å². The molecule has 12 heteroatoms. The van der Waals surface area contributed by atoms with E-state index in [4.69, 9.17) is 11.6 Å². The van der Waals surface area contributed by atoms with Crippen LogP contribution in [0.25, 0.3) is 0 Å². The molecule has 0 heterocycles. The number of anilines is 1. The van der Waals surface area contributed by atoms with E-state index in [1.54, 1.807) is 25.1 Å². The number of hydrogen-bond donors (Lipinski definition) is 1. The van der Waals surface area contributed by atoms with E-state index >= 15 is 0 Å². The van der Waals surface area contributed by atoms with Crippen LogP contribution >= 0.6 is 11.6 Å². The zero-order valence-corrected chi connectivity index (χ0v) is 26.1. The largest absolute Gasteiger partial charge is 0.416 e. The molecule has 0 unspecified atom stereocenters. The van der Waals surface area contributed by atoms with Crippen LogP contribution in [-0.2, 0) is 32.3 Å². The molecule has 236 valence electrons. The lowest BCUT2D eigenvalue weighted by atomic mass is 9.95. The number of benzene rings is 3. The average molecular weight is 650 g/mol. The quantitative estimate of drug-likeness (QED) is 0.264. The summed E-state index contributed by atoms with van der Waals surface area (Å²) < 4.78 is 69.5. The Bertz CT molecular complexity index is 1580. The number of rotatable bonds is 10. The first kappa shape index (κ1) is 33.3. The Balaban J connectivity index is 1.75. The summed E-state index contributed by atoms with van der Waals surface area (Å²) in [5.41, 5.74) is -0.0592. The molecule has 1 fully saturated rings. The maximum absolute atomic E-state index is 14.1. The normalized spacial score (nSPS) is 15.0. The predicted octanol–water partition coefficient (Wildman–Crippen LogP) is 6.73. The van der Waals surface area contributed by atoms with Crippen molar-refractivity contribution in [1.29, 1.82) is 0 Å². The number of aryl methyl sites for hydroxylation is 1. The summed E-state index contributed by atoms with van der Waals surface area (Å²) in [5.74, 6) is -1.18. The smallest absolute Gasteiger partial charge is 0.352 e. The molecule has 1 saturated carbocycles. The van der Waals surface area contributed by atoms with Crippen LogP contribution in [0.15, 0.2) is 77.7 Å². The van der Waals surface area contributed by atoms with E-state index in [1.165, 1.54) is 29.2 Å². The van der Waals surface area contributed by atoms with Crippen LogP contribution in [0.5, 0.6) is 0 Å². The van der Waals surface area contributed by atoms with Crippen LogP contribution in [-0.4, -0.2) is 43.8 Å². The highest BCUT2D eigenvalue weighted by Gasteiger charge is 2.36. The molecule has 1 N–H and O–H groups in total. The van der Waals surface area contributed by atoms with E-state index in [2.05, 4.69) is 5.32 Å². The summed E-state index contributed by atoms with van der Waals surface area (Å²) in [7, 11) is -4.58. The Labute approximate surface area is 261 Å². The third-order valence-corrected chi connectivity index (χ3v) is 9.97. The Hall–Kier alpha value is -3.57. The molecule has 7 nitrogen and oxygen atoms in total. The molecular formula is C32H35ClF3N3O4S. The molecule has 44 heavy (non-hydrogen) atoms. The van der Waals surface area contributed by atoms with Gasteiger partial charge in [0.25, 0.3) is 10.0 Å². The van der Waals surface area contributed by atoms with Gasteiger partial charge in [0.1, 0.15) is 12.6 Å². The van der Waals surface area contributed by atoms with E-state index in [0.29, 0.717) is 10.4 Å². The maximum atomic E-state index is 14.1. The highest BCUT2D eigenvalue weighted by Crippen LogP contribution is 2.37. The standard InChI is InChI=1S/C32H35ClF3N3O4S/c1-22-11-9-10-12-24(22)20-38(23(2)31(41)37-26-13-5-3-6-14-26)30(40)21-39(44(42,43)27-15-7-4-8-16-27)29-19-25(32(34,35)36)17-18-28(29)33/h4,7-12,15-19,23,26H,3,5-6,13-14,20-21H2,1-2H3,(H,37,41)/t23-/m0/s1. The number of alkyl halides is 3. The van der Waals surface area contributed by atoms with Gasteiger partial charge in [-0.2, -0.15) is 13.2 Å². The van der Waals surface area contributed by atoms with Gasteiger partial charge in [0, 0.05) is 12.6 Å². The van der Waals surface area contributed by atoms with Crippen molar-refractivity contribution in [1.82, 2.24) is 10.2 Å². The van der Waals surface area contributed by atoms with Crippen molar-refractivity contribution >= 4 is 39.1 Å². The van der Waals surface area contributed by atoms with Crippen molar-refractivity contribution in [2.24, 2.45) is 0 Å². The first-order valence-corrected chi connectivity index (χ1v) is 16.2. The Morgan fingerprint density at radius 1 is 0.977 bits per heavy atom. The monoisotopic (exact) mass is 649 g/mol. The highest BCUT2D eigenvalue weighted by atomic mass is 35.5. The lowest BCUT2D eigenvalue weighted by Gasteiger charge is -2.33. The number of hydrogen-bond acceptors (Lipinski definition) is 4. The van der Waals surface area contributed by atoms with Gasteiger partial charge in [-0.05, 0) is 68.1 Å². The lowest BCUT2D eigenvalue weighted by Crippen LogP contribution is -2.53. The van der Waals surface area contributed by atoms with Gasteiger partial charge in [0.15, 0.2) is 0 Å². The summed E-state index contributed by atoms with van der Waals surface area (Å²) in [4.78, 5) is 28.6. The minimum atomic E-state index is -4.80. The van der Waals surface area contributed by atoms with Gasteiger partial charge >= 0.3 is 6.18 Å². The Morgan fingerprint density at radius 3 is 2.25 bits per heavy atom. The molecule has 2 amide bonds. The maximum Gasteiger partial charge on any atom is 0.416 e. The van der Waals surface area contributed by atoms with Crippen molar-refractivity contribution in [3.05, 3.63) is 94.5 Å². The number of carbonyl (C=O) groups is 2. The van der Waals surface area contributed by atoms with Crippen LogP contribution in [0.1, 0.15) is 55.7 Å². The highest BCUT2D eigenvalue weighted by molar-refractivity contribution is 7.92. The summed E-state index contributed by atoms with van der Waals surface area (Å²) >= 11 is 6.31. The van der Waals surface area contributed by atoms with Gasteiger partial charge in [-0.25, -0.2) is 8.42 Å². The van der Waals surface area contributed by atoms with Crippen LogP contribution < -0.4 is 9.62 Å². The van der Waals surface area contributed by atoms with E-state index < -0.39 is 51.9 Å². The topological polar surface area (TPSA) is 86.8 Å². The van der Waals surface area contributed by atoms with Crippen molar-refractivity contribution in [3.8, 4) is 0 Å². The Morgan fingerprint density at radius 2 is 1.61 bits per heavy atom. The molecule has 0 saturated heterocycles. The van der Waals surface area contributed by atoms with Crippen molar-refractivity contribution in [2.75, 3.05) is 10.8 Å². The summed E-state index contributed by atoms with van der Waals surface area (Å²) in [6, 6.07) is 15.6. The second-order valence-electron chi connectivity index (χ2n) is 11.0. The van der Waals surface area contributed by atoms with E-state index in [0.717, 1.165) is 55.4 Å². The van der Waals surface area contributed by atoms with Crippen molar-refractivity contribution in [3.63, 3.8) is 0 Å². The number of sulfonamides is 1. The molecule has 1 atom stereocenters. The van der Waals surface area contributed by atoms with Crippen LogP contribution in [0.3, 0.4) is 0 Å². The summed E-state index contributed by atoms with van der Waals surface area (Å²) in [6.07, 6.45) is -0.106. The van der Waals surface area contributed by atoms with Crippen LogP contribution in [0.2, 0.25) is 5.02 Å². The molecule has 1 aliphatic carbocycles. The zero-order chi connectivity index (χ0) is 32.1. The summed E-state index contributed by atoms with van der Waals surface area (Å²) in [5, 5.41) is 2.73. The third kappa shape index (κ3) is 7.92. The van der Waals surface area contributed by atoms with Gasteiger partial charge in [-0.1, -0.05) is 73.3 Å². The van der Waals surface area contributed by atoms with Crippen LogP contribution in [0.4, 0.5) is 18.9 Å². The molecule has 0 aromatic heterocycles. The summed E-state index contributed by atoms with van der Waals surface area (Å²) in [6.45, 7) is 2.48. The molecule has 0 radical (unpaired) electrons. The minimum absolute atomic E-state index is 0.0275. The molecule has 0 aliphatic heterocycles. The first-order valence-electron chi connectivity index (χ1n) is 14.4. The Kier molecular flexibility index (Phi) is 10.6. The van der Waals surface area contributed by atoms with Crippen molar-refractivity contribution < 1.29 is 31.2 Å². The number of nitrogens with zero attached hydrogens (tertiary/aromatic N) is 2. The molecular weight excluding hydrogens is 615 g/mol. The van der Waals surface area contributed by atoms with E-state index in [9.17, 15) is 31.2 Å². The lowest BCUT2D eigenvalue weighted by molar-refractivity contribution is -0.139. The third-order valence-electron chi connectivity index (χ3n) is 7.87. The first-order chi connectivity index (χ1) is 20.8. The SMILES string of the molecule is Cc1ccccc1CN(C(=O)CN(c1cc(C(F)(F)F)ccc1Cl)S(=O)(=O)c1ccccc1)[C@@H](C)C(=O)NC1CCCCC1. The molecule has 3 aromatic rings. The zero-order valence-electron chi connectivity index (χ0n) is 24.5.